The van der Waals surface area contributed by atoms with Gasteiger partial charge >= 0.3 is 6.18 Å². The molecule has 11 heteroatoms. The van der Waals surface area contributed by atoms with E-state index in [1.165, 1.54) is 12.1 Å². The maximum absolute atomic E-state index is 14.6. The number of hydrogen-bond acceptors (Lipinski definition) is 5. The first-order valence-corrected chi connectivity index (χ1v) is 15.5. The number of fused-ring (bicyclic) bond motifs is 1. The van der Waals surface area contributed by atoms with Crippen molar-refractivity contribution in [2.24, 2.45) is 0 Å². The number of thiophene rings is 1. The molecule has 0 amide bonds. The minimum atomic E-state index is -4.44. The van der Waals surface area contributed by atoms with Crippen LogP contribution in [0, 0.1) is 17.7 Å². The molecule has 1 fully saturated rings. The number of anilines is 2. The molecule has 4 nitrogen and oxygen atoms in total. The molecular formula is C27H29F5N3OPS. The summed E-state index contributed by atoms with van der Waals surface area (Å²) < 4.78 is 82.2. The monoisotopic (exact) mass is 569 g/mol. The van der Waals surface area contributed by atoms with Gasteiger partial charge < -0.3 is 20.1 Å². The topological polar surface area (TPSA) is 44.4 Å². The van der Waals surface area contributed by atoms with Crippen LogP contribution in [0.25, 0.3) is 10.1 Å². The molecule has 0 radical (unpaired) electrons. The van der Waals surface area contributed by atoms with Crippen molar-refractivity contribution in [3.63, 3.8) is 0 Å². The lowest BCUT2D eigenvalue weighted by Gasteiger charge is -2.33. The summed E-state index contributed by atoms with van der Waals surface area (Å²) in [5.74, 6) is 5.04. The van der Waals surface area contributed by atoms with Gasteiger partial charge in [-0.25, -0.2) is 8.78 Å². The van der Waals surface area contributed by atoms with Crippen LogP contribution in [-0.4, -0.2) is 63.3 Å². The minimum absolute atomic E-state index is 0.00386. The van der Waals surface area contributed by atoms with Gasteiger partial charge in [-0.15, -0.1) is 11.3 Å². The van der Waals surface area contributed by atoms with Crippen LogP contribution in [0.5, 0.6) is 0 Å². The van der Waals surface area contributed by atoms with E-state index < -0.39 is 37.8 Å². The molecule has 204 valence electrons. The zero-order valence-corrected chi connectivity index (χ0v) is 23.0. The number of halogens is 5. The number of piperidine rings is 1. The first-order valence-electron chi connectivity index (χ1n) is 12.1. The first kappa shape index (κ1) is 28.4. The van der Waals surface area contributed by atoms with Gasteiger partial charge in [-0.3, -0.25) is 0 Å². The van der Waals surface area contributed by atoms with E-state index in [2.05, 4.69) is 22.5 Å². The Morgan fingerprint density at radius 2 is 1.95 bits per heavy atom. The van der Waals surface area contributed by atoms with Gasteiger partial charge in [0.05, 0.1) is 40.0 Å². The van der Waals surface area contributed by atoms with E-state index >= 15 is 0 Å². The van der Waals surface area contributed by atoms with Crippen LogP contribution >= 0.6 is 18.5 Å². The fourth-order valence-electron chi connectivity index (χ4n) is 4.43. The molecule has 0 unspecified atom stereocenters. The molecule has 38 heavy (non-hydrogen) atoms. The summed E-state index contributed by atoms with van der Waals surface area (Å²) in [6.07, 6.45) is -6.09. The van der Waals surface area contributed by atoms with Crippen molar-refractivity contribution in [1.29, 1.82) is 0 Å². The Labute approximate surface area is 223 Å². The SMILES string of the molecule is CN1CC[C@@H](Nc2cccc3c(CC(F)(F)F)c(C#CCNc4ccc(P(C)(C)=O)cc4F)sc23)[C@@H](F)C1. The third kappa shape index (κ3) is 6.88. The molecule has 2 heterocycles. The Bertz CT molecular complexity index is 1420. The highest BCUT2D eigenvalue weighted by atomic mass is 32.1. The van der Waals surface area contributed by atoms with E-state index in [1.54, 1.807) is 37.6 Å². The van der Waals surface area contributed by atoms with Gasteiger partial charge in [0.25, 0.3) is 0 Å². The van der Waals surface area contributed by atoms with E-state index in [0.29, 0.717) is 34.0 Å². The molecular weight excluding hydrogens is 540 g/mol. The quantitative estimate of drug-likeness (QED) is 0.208. The number of nitrogens with one attached hydrogen (secondary N) is 2. The van der Waals surface area contributed by atoms with Crippen LogP contribution in [0.3, 0.4) is 0 Å². The minimum Gasteiger partial charge on any atom is -0.378 e. The van der Waals surface area contributed by atoms with Crippen molar-refractivity contribution < 1.29 is 26.5 Å². The van der Waals surface area contributed by atoms with Crippen LogP contribution in [0.15, 0.2) is 36.4 Å². The molecule has 1 saturated heterocycles. The summed E-state index contributed by atoms with van der Waals surface area (Å²) in [6.45, 7) is 4.11. The van der Waals surface area contributed by atoms with Gasteiger partial charge in [0, 0.05) is 18.4 Å². The number of benzene rings is 2. The average Bonchev–Trinajstić information content (AvgIpc) is 3.15. The average molecular weight is 570 g/mol. The molecule has 2 aromatic carbocycles. The predicted octanol–water partition coefficient (Wildman–Crippen LogP) is 6.31. The van der Waals surface area contributed by atoms with E-state index in [4.69, 9.17) is 0 Å². The fraction of sp³-hybridized carbons (Fsp3) is 0.407. The molecule has 0 saturated carbocycles. The van der Waals surface area contributed by atoms with Crippen LogP contribution in [-0.2, 0) is 11.0 Å². The second-order valence-corrected chi connectivity index (χ2v) is 14.1. The number of alkyl halides is 4. The lowest BCUT2D eigenvalue weighted by atomic mass is 10.0. The molecule has 2 N–H and O–H groups in total. The summed E-state index contributed by atoms with van der Waals surface area (Å²) in [4.78, 5) is 2.17. The molecule has 0 spiro atoms. The maximum atomic E-state index is 14.6. The van der Waals surface area contributed by atoms with Crippen LogP contribution < -0.4 is 15.9 Å². The summed E-state index contributed by atoms with van der Waals surface area (Å²) in [5.41, 5.74) is 0.824. The van der Waals surface area contributed by atoms with Crippen molar-refractivity contribution >= 4 is 45.2 Å². The van der Waals surface area contributed by atoms with Gasteiger partial charge in [0.15, 0.2) is 0 Å². The maximum Gasteiger partial charge on any atom is 0.393 e. The Morgan fingerprint density at radius 1 is 1.18 bits per heavy atom. The summed E-state index contributed by atoms with van der Waals surface area (Å²) in [5, 5.41) is 6.88. The van der Waals surface area contributed by atoms with Crippen LogP contribution in [0.2, 0.25) is 0 Å². The normalized spacial score (nSPS) is 18.7. The fourth-order valence-corrected chi connectivity index (χ4v) is 6.45. The van der Waals surface area contributed by atoms with E-state index in [1.807, 2.05) is 11.9 Å². The van der Waals surface area contributed by atoms with Gasteiger partial charge in [-0.05, 0) is 62.0 Å². The third-order valence-corrected chi connectivity index (χ3v) is 9.14. The smallest absolute Gasteiger partial charge is 0.378 e. The third-order valence-electron chi connectivity index (χ3n) is 6.42. The highest BCUT2D eigenvalue weighted by Crippen LogP contribution is 2.40. The van der Waals surface area contributed by atoms with Gasteiger partial charge in [0.2, 0.25) is 0 Å². The molecule has 2 atom stereocenters. The van der Waals surface area contributed by atoms with Gasteiger partial charge in [0.1, 0.15) is 19.1 Å². The Morgan fingerprint density at radius 3 is 2.61 bits per heavy atom. The number of hydrogen-bond donors (Lipinski definition) is 2. The molecule has 4 rings (SSSR count). The second-order valence-electron chi connectivity index (χ2n) is 9.87. The summed E-state index contributed by atoms with van der Waals surface area (Å²) in [6, 6.07) is 8.87. The molecule has 1 aromatic heterocycles. The number of rotatable bonds is 6. The van der Waals surface area contributed by atoms with E-state index in [0.717, 1.165) is 17.9 Å². The molecule has 1 aliphatic rings. The number of likely N-dealkylation sites (tertiary alicyclic amines) is 1. The number of nitrogens with zero attached hydrogens (tertiary/aromatic N) is 1. The summed E-state index contributed by atoms with van der Waals surface area (Å²) in [7, 11) is -0.760. The standard InChI is InChI=1S/C27H29F5N3OPS/c1-35-13-11-23(21(29)16-35)34-24-7-4-6-18-19(15-27(30,31)32)25(38-26(18)24)8-5-12-33-22-10-9-17(14-20(22)28)37(2,3)36/h4,6-7,9-10,14,21,23,33-34H,11-13,15-16H2,1-3H3/t21-,23+/m0/s1. The van der Waals surface area contributed by atoms with Crippen LogP contribution in [0.4, 0.5) is 33.3 Å². The highest BCUT2D eigenvalue weighted by molar-refractivity contribution is 7.70. The first-order chi connectivity index (χ1) is 17.8. The Kier molecular flexibility index (Phi) is 8.41. The molecule has 0 bridgehead atoms. The molecule has 3 aromatic rings. The zero-order valence-electron chi connectivity index (χ0n) is 21.3. The lowest BCUT2D eigenvalue weighted by molar-refractivity contribution is -0.126. The molecule has 1 aliphatic heterocycles. The summed E-state index contributed by atoms with van der Waals surface area (Å²) >= 11 is 1.13. The van der Waals surface area contributed by atoms with Gasteiger partial charge in [-0.2, -0.15) is 13.2 Å². The zero-order chi connectivity index (χ0) is 27.7. The van der Waals surface area contributed by atoms with Crippen molar-refractivity contribution in [2.75, 3.05) is 50.6 Å². The Balaban J connectivity index is 1.59. The second kappa shape index (κ2) is 11.3. The van der Waals surface area contributed by atoms with E-state index in [-0.39, 0.29) is 22.7 Å². The van der Waals surface area contributed by atoms with E-state index in [9.17, 15) is 26.5 Å². The van der Waals surface area contributed by atoms with Crippen molar-refractivity contribution in [3.8, 4) is 11.8 Å². The Hall–Kier alpha value is -2.60. The van der Waals surface area contributed by atoms with Crippen molar-refractivity contribution in [2.45, 2.75) is 31.2 Å². The van der Waals surface area contributed by atoms with Gasteiger partial charge in [-0.1, -0.05) is 24.0 Å². The predicted molar refractivity (Wildman–Crippen MR) is 147 cm³/mol. The molecule has 0 aliphatic carbocycles. The largest absolute Gasteiger partial charge is 0.393 e. The lowest BCUT2D eigenvalue weighted by Crippen LogP contribution is -2.46. The van der Waals surface area contributed by atoms with Crippen LogP contribution in [0.1, 0.15) is 16.9 Å². The van der Waals surface area contributed by atoms with Crippen molar-refractivity contribution in [3.05, 3.63) is 52.7 Å². The van der Waals surface area contributed by atoms with Crippen molar-refractivity contribution in [1.82, 2.24) is 4.90 Å². The highest BCUT2D eigenvalue weighted by Gasteiger charge is 2.32.